The Hall–Kier alpha value is 0.0983. The van der Waals surface area contributed by atoms with Crippen LogP contribution in [0.1, 0.15) is 20.8 Å². The van der Waals surface area contributed by atoms with Gasteiger partial charge in [-0.15, -0.1) is 0 Å². The number of hydrogen-bond acceptors (Lipinski definition) is 1. The van der Waals surface area contributed by atoms with Crippen molar-refractivity contribution in [1.82, 2.24) is 4.90 Å². The van der Waals surface area contributed by atoms with Crippen LogP contribution in [0.4, 0.5) is 0 Å². The summed E-state index contributed by atoms with van der Waals surface area (Å²) in [5.41, 5.74) is 1.10. The molecular weight excluding hydrogens is 282 g/mol. The third-order valence-corrected chi connectivity index (χ3v) is 1.84. The maximum atomic E-state index is 5.62. The van der Waals surface area contributed by atoms with Crippen molar-refractivity contribution in [2.75, 3.05) is 0 Å². The molecule has 0 fully saturated rings. The predicted molar refractivity (Wildman–Crippen MR) is 36.3 cm³/mol. The van der Waals surface area contributed by atoms with Gasteiger partial charge in [-0.05, 0) is 0 Å². The third kappa shape index (κ3) is 2.95. The number of hydrogen-bond donors (Lipinski definition) is 0. The molecule has 50 valence electrons. The van der Waals surface area contributed by atoms with E-state index >= 15 is 0 Å². The average molecular weight is 293 g/mol. The molecule has 0 rings (SSSR count). The molecule has 0 saturated heterocycles. The number of nitrogens with zero attached hydrogens (tertiary/aromatic N) is 1. The van der Waals surface area contributed by atoms with Crippen LogP contribution in [0.15, 0.2) is 11.8 Å². The Morgan fingerprint density at radius 2 is 2.00 bits per heavy atom. The molecule has 0 aromatic carbocycles. The summed E-state index contributed by atoms with van der Waals surface area (Å²) in [6, 6.07) is 0. The van der Waals surface area contributed by atoms with Gasteiger partial charge in [-0.1, -0.05) is 0 Å². The number of rotatable bonds is 2. The van der Waals surface area contributed by atoms with Crippen molar-refractivity contribution in [2.24, 2.45) is 0 Å². The summed E-state index contributed by atoms with van der Waals surface area (Å²) in [4.78, 5) is 1.70. The van der Waals surface area contributed by atoms with E-state index < -0.39 is 0 Å². The van der Waals surface area contributed by atoms with Gasteiger partial charge in [0.05, 0.1) is 0 Å². The Balaban J connectivity index is 4.04. The van der Waals surface area contributed by atoms with Gasteiger partial charge in [0.1, 0.15) is 0 Å². The van der Waals surface area contributed by atoms with Gasteiger partial charge < -0.3 is 0 Å². The Morgan fingerprint density at radius 3 is 2.11 bits per heavy atom. The standard InChI is InChI=1S/C7H11N.W/c1-5-7(3)8(4)6-2;/h4-5H,1-3H3;. The van der Waals surface area contributed by atoms with Gasteiger partial charge in [-0.25, -0.2) is 0 Å². The van der Waals surface area contributed by atoms with E-state index in [2.05, 4.69) is 0 Å². The fourth-order valence-electron chi connectivity index (χ4n) is 0.387. The molecule has 0 aliphatic carbocycles. The minimum atomic E-state index is 1.10. The molecule has 0 aliphatic rings. The molecule has 0 amide bonds. The topological polar surface area (TPSA) is 3.24 Å². The van der Waals surface area contributed by atoms with Crippen LogP contribution in [0.5, 0.6) is 0 Å². The van der Waals surface area contributed by atoms with Gasteiger partial charge >= 0.3 is 67.9 Å². The average Bonchev–Trinajstić information content (AvgIpc) is 1.84. The molecule has 0 aliphatic heterocycles. The fraction of sp³-hybridized carbons (Fsp3) is 0.429. The third-order valence-electron chi connectivity index (χ3n) is 1.14. The van der Waals surface area contributed by atoms with E-state index in [1.807, 2.05) is 26.8 Å². The van der Waals surface area contributed by atoms with Crippen molar-refractivity contribution in [3.63, 3.8) is 0 Å². The van der Waals surface area contributed by atoms with Crippen molar-refractivity contribution in [2.45, 2.75) is 20.8 Å². The second-order valence-corrected chi connectivity index (χ2v) is 3.94. The van der Waals surface area contributed by atoms with Gasteiger partial charge in [0.25, 0.3) is 0 Å². The molecule has 9 heavy (non-hydrogen) atoms. The summed E-state index contributed by atoms with van der Waals surface area (Å²) in [7, 11) is 5.62. The van der Waals surface area contributed by atoms with Crippen molar-refractivity contribution < 1.29 is 19.4 Å². The van der Waals surface area contributed by atoms with Crippen LogP contribution in [0, 0.1) is 7.05 Å². The quantitative estimate of drug-likeness (QED) is 0.699. The molecular formula is C7H11NW. The van der Waals surface area contributed by atoms with E-state index in [0.717, 1.165) is 5.70 Å². The summed E-state index contributed by atoms with van der Waals surface area (Å²) >= 11 is 1.41. The second kappa shape index (κ2) is 4.00. The van der Waals surface area contributed by atoms with E-state index in [1.54, 1.807) is 4.90 Å². The molecule has 0 saturated carbocycles. The van der Waals surface area contributed by atoms with Gasteiger partial charge in [-0.3, -0.25) is 0 Å². The summed E-state index contributed by atoms with van der Waals surface area (Å²) in [5, 5.41) is 0. The first-order chi connectivity index (χ1) is 4.09. The molecule has 0 aromatic rings. The molecule has 2 heteroatoms. The molecule has 0 unspecified atom stereocenters. The molecule has 0 aromatic heterocycles. The first-order valence-corrected chi connectivity index (χ1v) is 4.24. The van der Waals surface area contributed by atoms with E-state index in [-0.39, 0.29) is 0 Å². The molecule has 2 radical (unpaired) electrons. The van der Waals surface area contributed by atoms with Crippen LogP contribution in [0.2, 0.25) is 0 Å². The zero-order chi connectivity index (χ0) is 7.44. The van der Waals surface area contributed by atoms with Crippen molar-refractivity contribution in [3.05, 3.63) is 18.8 Å². The zero-order valence-electron chi connectivity index (χ0n) is 6.01. The number of allylic oxidation sites excluding steroid dienone is 2. The Bertz CT molecular complexity index is 138. The first-order valence-electron chi connectivity index (χ1n) is 2.78. The van der Waals surface area contributed by atoms with Crippen LogP contribution >= 0.6 is 0 Å². The van der Waals surface area contributed by atoms with Crippen LogP contribution in [-0.2, 0) is 19.4 Å². The minimum absolute atomic E-state index is 1.10. The summed E-state index contributed by atoms with van der Waals surface area (Å²) in [6.45, 7) is 5.99. The first kappa shape index (κ1) is 9.10. The van der Waals surface area contributed by atoms with E-state index in [9.17, 15) is 0 Å². The maximum absolute atomic E-state index is 5.62. The van der Waals surface area contributed by atoms with Crippen LogP contribution < -0.4 is 0 Å². The fourth-order valence-corrected chi connectivity index (χ4v) is 0.905. The van der Waals surface area contributed by atoms with E-state index in [4.69, 9.17) is 7.05 Å². The SMILES string of the molecule is [CH]N([C](C)=[W])C(C)=CC. The van der Waals surface area contributed by atoms with Gasteiger partial charge in [0.2, 0.25) is 0 Å². The van der Waals surface area contributed by atoms with Crippen molar-refractivity contribution in [1.29, 1.82) is 0 Å². The molecule has 0 spiro atoms. The molecule has 0 bridgehead atoms. The summed E-state index contributed by atoms with van der Waals surface area (Å²) < 4.78 is 1.19. The molecule has 1 nitrogen and oxygen atoms in total. The van der Waals surface area contributed by atoms with Crippen LogP contribution in [0.3, 0.4) is 0 Å². The Kier molecular flexibility index (Phi) is 4.05. The van der Waals surface area contributed by atoms with Crippen molar-refractivity contribution >= 4 is 4.02 Å². The molecule has 0 heterocycles. The van der Waals surface area contributed by atoms with Crippen LogP contribution in [0.25, 0.3) is 0 Å². The van der Waals surface area contributed by atoms with Gasteiger partial charge in [0.15, 0.2) is 0 Å². The normalized spacial score (nSPS) is 11.3. The van der Waals surface area contributed by atoms with Gasteiger partial charge in [-0.2, -0.15) is 0 Å². The van der Waals surface area contributed by atoms with Crippen LogP contribution in [-0.4, -0.2) is 8.92 Å². The molecule has 0 atom stereocenters. The van der Waals surface area contributed by atoms with Crippen molar-refractivity contribution in [3.8, 4) is 0 Å². The Labute approximate surface area is 68.2 Å². The second-order valence-electron chi connectivity index (χ2n) is 1.82. The summed E-state index contributed by atoms with van der Waals surface area (Å²) in [5.74, 6) is 0. The zero-order valence-corrected chi connectivity index (χ0v) is 8.94. The predicted octanol–water partition coefficient (Wildman–Crippen LogP) is 1.58. The molecule has 0 N–H and O–H groups in total. The van der Waals surface area contributed by atoms with E-state index in [1.165, 1.54) is 23.4 Å². The van der Waals surface area contributed by atoms with E-state index in [0.29, 0.717) is 0 Å². The van der Waals surface area contributed by atoms with Gasteiger partial charge in [0, 0.05) is 0 Å². The summed E-state index contributed by atoms with van der Waals surface area (Å²) in [6.07, 6.45) is 1.99. The monoisotopic (exact) mass is 293 g/mol. The Morgan fingerprint density at radius 1 is 1.56 bits per heavy atom.